The van der Waals surface area contributed by atoms with Crippen molar-refractivity contribution in [3.63, 3.8) is 0 Å². The van der Waals surface area contributed by atoms with Crippen LogP contribution >= 0.6 is 12.2 Å². The largest absolute Gasteiger partial charge is 0.497 e. The molecule has 0 radical (unpaired) electrons. The van der Waals surface area contributed by atoms with Gasteiger partial charge in [-0.05, 0) is 85.2 Å². The molecule has 4 aromatic rings. The number of halogens is 1. The Morgan fingerprint density at radius 2 is 1.68 bits per heavy atom. The first-order chi connectivity index (χ1) is 16.3. The number of benzene rings is 3. The number of rotatable bonds is 6. The normalized spacial score (nSPS) is 10.8. The molecule has 3 aromatic carbocycles. The quantitative estimate of drug-likeness (QED) is 0.351. The van der Waals surface area contributed by atoms with Gasteiger partial charge in [0.2, 0.25) is 0 Å². The van der Waals surface area contributed by atoms with Crippen molar-refractivity contribution in [2.24, 2.45) is 0 Å². The van der Waals surface area contributed by atoms with Gasteiger partial charge >= 0.3 is 0 Å². The molecular weight excluding hydrogens is 449 g/mol. The summed E-state index contributed by atoms with van der Waals surface area (Å²) >= 11 is 5.71. The lowest BCUT2D eigenvalue weighted by atomic mass is 10.0. The van der Waals surface area contributed by atoms with E-state index >= 15 is 0 Å². The van der Waals surface area contributed by atoms with Crippen LogP contribution in [-0.4, -0.2) is 22.1 Å². The smallest absolute Gasteiger partial charge is 0.253 e. The summed E-state index contributed by atoms with van der Waals surface area (Å²) in [6, 6.07) is 19.7. The summed E-state index contributed by atoms with van der Waals surface area (Å²) in [5.41, 5.74) is 5.10. The second-order valence-electron chi connectivity index (χ2n) is 8.25. The Hall–Kier alpha value is -3.71. The number of nitrogens with zero attached hydrogens (tertiary/aromatic N) is 1. The number of anilines is 1. The third-order valence-electron chi connectivity index (χ3n) is 5.80. The molecule has 0 fully saturated rings. The summed E-state index contributed by atoms with van der Waals surface area (Å²) in [6.45, 7) is 4.79. The van der Waals surface area contributed by atoms with Gasteiger partial charge in [0, 0.05) is 23.2 Å². The zero-order valence-electron chi connectivity index (χ0n) is 19.3. The van der Waals surface area contributed by atoms with E-state index in [9.17, 15) is 9.18 Å². The highest BCUT2D eigenvalue weighted by atomic mass is 32.1. The Balaban J connectivity index is 1.67. The molecule has 174 valence electrons. The van der Waals surface area contributed by atoms with Crippen LogP contribution in [0.25, 0.3) is 10.9 Å². The number of aromatic nitrogens is 1. The fourth-order valence-electron chi connectivity index (χ4n) is 3.83. The van der Waals surface area contributed by atoms with Crippen molar-refractivity contribution >= 4 is 33.9 Å². The van der Waals surface area contributed by atoms with E-state index in [1.165, 1.54) is 12.1 Å². The summed E-state index contributed by atoms with van der Waals surface area (Å²) in [7, 11) is 1.62. The summed E-state index contributed by atoms with van der Waals surface area (Å²) in [6.07, 6.45) is 0. The predicted octanol–water partition coefficient (Wildman–Crippen LogP) is 5.69. The average Bonchev–Trinajstić information content (AvgIpc) is 2.83. The minimum absolute atomic E-state index is 0.148. The lowest BCUT2D eigenvalue weighted by molar-refractivity contribution is 0.406. The van der Waals surface area contributed by atoms with Crippen LogP contribution in [0.2, 0.25) is 0 Å². The topological polar surface area (TPSA) is 57.4 Å². The standard InChI is InChI=1S/C27H26FN3O2S/c1-17-4-5-18(2)25-24(17)14-20(26(32)30-25)16-31(15-19-6-12-23(33-3)13-7-19)27(34)29-22-10-8-21(28)9-11-22/h4-14H,15-16H2,1-3H3,(H,29,34)(H,30,32). The van der Waals surface area contributed by atoms with Gasteiger partial charge in [-0.15, -0.1) is 0 Å². The van der Waals surface area contributed by atoms with Crippen LogP contribution in [0.5, 0.6) is 5.75 Å². The fourth-order valence-corrected chi connectivity index (χ4v) is 4.07. The third kappa shape index (κ3) is 5.26. The number of H-pyrrole nitrogens is 1. The molecule has 4 rings (SSSR count). The Bertz CT molecular complexity index is 1380. The Morgan fingerprint density at radius 3 is 2.35 bits per heavy atom. The van der Waals surface area contributed by atoms with E-state index in [0.717, 1.165) is 33.3 Å². The lowest BCUT2D eigenvalue weighted by Gasteiger charge is -2.26. The van der Waals surface area contributed by atoms with Gasteiger partial charge in [0.15, 0.2) is 5.11 Å². The van der Waals surface area contributed by atoms with Crippen LogP contribution in [-0.2, 0) is 13.1 Å². The van der Waals surface area contributed by atoms with Gasteiger partial charge in [-0.25, -0.2) is 4.39 Å². The molecule has 0 saturated carbocycles. The maximum absolute atomic E-state index is 13.3. The van der Waals surface area contributed by atoms with Gasteiger partial charge in [0.05, 0.1) is 19.2 Å². The van der Waals surface area contributed by atoms with Crippen LogP contribution in [0.3, 0.4) is 0 Å². The Labute approximate surface area is 203 Å². The molecule has 0 aliphatic carbocycles. The maximum Gasteiger partial charge on any atom is 0.253 e. The van der Waals surface area contributed by atoms with Crippen LogP contribution in [0, 0.1) is 19.7 Å². The highest BCUT2D eigenvalue weighted by Crippen LogP contribution is 2.21. The number of ether oxygens (including phenoxy) is 1. The van der Waals surface area contributed by atoms with E-state index < -0.39 is 0 Å². The number of thiocarbonyl (C=S) groups is 1. The van der Waals surface area contributed by atoms with Gasteiger partial charge in [-0.3, -0.25) is 4.79 Å². The SMILES string of the molecule is COc1ccc(CN(Cc2cc3c(C)ccc(C)c3[nH]c2=O)C(=S)Nc2ccc(F)cc2)cc1. The van der Waals surface area contributed by atoms with Crippen molar-refractivity contribution in [2.75, 3.05) is 12.4 Å². The number of pyridine rings is 1. The number of nitrogens with one attached hydrogen (secondary N) is 2. The van der Waals surface area contributed by atoms with Crippen molar-refractivity contribution in [3.8, 4) is 5.75 Å². The van der Waals surface area contributed by atoms with Crippen molar-refractivity contribution in [1.29, 1.82) is 0 Å². The van der Waals surface area contributed by atoms with E-state index in [0.29, 0.717) is 29.5 Å². The number of fused-ring (bicyclic) bond motifs is 1. The molecule has 0 atom stereocenters. The first-order valence-corrected chi connectivity index (χ1v) is 11.3. The highest BCUT2D eigenvalue weighted by Gasteiger charge is 2.16. The molecule has 1 aromatic heterocycles. The first-order valence-electron chi connectivity index (χ1n) is 10.9. The van der Waals surface area contributed by atoms with Gasteiger partial charge < -0.3 is 19.9 Å². The molecule has 34 heavy (non-hydrogen) atoms. The van der Waals surface area contributed by atoms with E-state index in [4.69, 9.17) is 17.0 Å². The highest BCUT2D eigenvalue weighted by molar-refractivity contribution is 7.80. The van der Waals surface area contributed by atoms with Gasteiger partial charge in [-0.2, -0.15) is 0 Å². The molecule has 0 aliphatic heterocycles. The third-order valence-corrected chi connectivity index (χ3v) is 6.16. The van der Waals surface area contributed by atoms with Gasteiger partial charge in [0.1, 0.15) is 11.6 Å². The molecule has 0 amide bonds. The van der Waals surface area contributed by atoms with Crippen molar-refractivity contribution < 1.29 is 9.13 Å². The molecule has 0 spiro atoms. The summed E-state index contributed by atoms with van der Waals surface area (Å²) < 4.78 is 18.6. The molecular formula is C27H26FN3O2S. The summed E-state index contributed by atoms with van der Waals surface area (Å²) in [5.74, 6) is 0.444. The van der Waals surface area contributed by atoms with E-state index in [1.54, 1.807) is 19.2 Å². The maximum atomic E-state index is 13.3. The molecule has 1 heterocycles. The average molecular weight is 476 g/mol. The van der Waals surface area contributed by atoms with Crippen molar-refractivity contribution in [1.82, 2.24) is 9.88 Å². The minimum atomic E-state index is -0.320. The lowest BCUT2D eigenvalue weighted by Crippen LogP contribution is -2.35. The summed E-state index contributed by atoms with van der Waals surface area (Å²) in [4.78, 5) is 17.9. The number of aryl methyl sites for hydroxylation is 2. The number of hydrogen-bond donors (Lipinski definition) is 2. The second kappa shape index (κ2) is 10.1. The predicted molar refractivity (Wildman–Crippen MR) is 139 cm³/mol. The van der Waals surface area contributed by atoms with Crippen molar-refractivity contribution in [2.45, 2.75) is 26.9 Å². The van der Waals surface area contributed by atoms with E-state index in [2.05, 4.69) is 16.4 Å². The van der Waals surface area contributed by atoms with E-state index in [-0.39, 0.29) is 11.4 Å². The molecule has 0 bridgehead atoms. The molecule has 0 unspecified atom stereocenters. The Morgan fingerprint density at radius 1 is 1.00 bits per heavy atom. The van der Waals surface area contributed by atoms with Gasteiger partial charge in [0.25, 0.3) is 5.56 Å². The summed E-state index contributed by atoms with van der Waals surface area (Å²) in [5, 5.41) is 4.61. The zero-order chi connectivity index (χ0) is 24.2. The number of methoxy groups -OCH3 is 1. The zero-order valence-corrected chi connectivity index (χ0v) is 20.1. The second-order valence-corrected chi connectivity index (χ2v) is 8.64. The van der Waals surface area contributed by atoms with Crippen LogP contribution in [0.1, 0.15) is 22.3 Å². The van der Waals surface area contributed by atoms with Crippen LogP contribution < -0.4 is 15.6 Å². The monoisotopic (exact) mass is 475 g/mol. The number of hydrogen-bond acceptors (Lipinski definition) is 3. The van der Waals surface area contributed by atoms with Gasteiger partial charge in [-0.1, -0.05) is 24.3 Å². The first kappa shape index (κ1) is 23.4. The molecule has 0 saturated heterocycles. The molecule has 7 heteroatoms. The Kier molecular flexibility index (Phi) is 6.93. The van der Waals surface area contributed by atoms with Crippen molar-refractivity contribution in [3.05, 3.63) is 105 Å². The molecule has 2 N–H and O–H groups in total. The minimum Gasteiger partial charge on any atom is -0.497 e. The fraction of sp³-hybridized carbons (Fsp3) is 0.185. The molecule has 5 nitrogen and oxygen atoms in total. The van der Waals surface area contributed by atoms with E-state index in [1.807, 2.05) is 55.1 Å². The van der Waals surface area contributed by atoms with Crippen LogP contribution in [0.15, 0.2) is 71.5 Å². The number of aromatic amines is 1. The van der Waals surface area contributed by atoms with Crippen LogP contribution in [0.4, 0.5) is 10.1 Å². The molecule has 0 aliphatic rings.